The molecule has 1 saturated heterocycles. The second-order valence-corrected chi connectivity index (χ2v) is 8.66. The fraction of sp³-hybridized carbons (Fsp3) is 0.200. The number of amides is 2. The highest BCUT2D eigenvalue weighted by Gasteiger charge is 2.66. The van der Waals surface area contributed by atoms with Gasteiger partial charge in [-0.1, -0.05) is 55.5 Å². The van der Waals surface area contributed by atoms with Gasteiger partial charge in [0.25, 0.3) is 0 Å². The number of carbonyl (C=O) groups excluding carboxylic acids is 2. The van der Waals surface area contributed by atoms with E-state index in [2.05, 4.69) is 31.2 Å². The van der Waals surface area contributed by atoms with Crippen molar-refractivity contribution in [3.8, 4) is 0 Å². The molecule has 3 aliphatic carbocycles. The van der Waals surface area contributed by atoms with Crippen LogP contribution in [0, 0.1) is 17.0 Å². The summed E-state index contributed by atoms with van der Waals surface area (Å²) in [7, 11) is 0. The molecule has 154 valence electrons. The molecular formula is C25H19N2O4-. The summed E-state index contributed by atoms with van der Waals surface area (Å²) in [5.74, 6) is -1.58. The quantitative estimate of drug-likeness (QED) is 0.510. The van der Waals surface area contributed by atoms with E-state index >= 15 is 0 Å². The number of hydrogen-bond donors (Lipinski definition) is 1. The average molecular weight is 411 g/mol. The van der Waals surface area contributed by atoms with Gasteiger partial charge in [-0.15, -0.1) is 0 Å². The Balaban J connectivity index is 1.55. The van der Waals surface area contributed by atoms with Crippen LogP contribution in [0.2, 0.25) is 0 Å². The van der Waals surface area contributed by atoms with Crippen LogP contribution in [0.1, 0.15) is 35.1 Å². The first-order chi connectivity index (χ1) is 14.9. The maximum absolute atomic E-state index is 13.8. The lowest BCUT2D eigenvalue weighted by atomic mass is 9.48. The van der Waals surface area contributed by atoms with Gasteiger partial charge < -0.3 is 10.4 Å². The van der Waals surface area contributed by atoms with Gasteiger partial charge in [-0.05, 0) is 46.5 Å². The Kier molecular flexibility index (Phi) is 3.56. The minimum atomic E-state index is -0.606. The van der Waals surface area contributed by atoms with Crippen molar-refractivity contribution in [3.63, 3.8) is 0 Å². The highest BCUT2D eigenvalue weighted by Crippen LogP contribution is 2.64. The smallest absolute Gasteiger partial charge is 0.238 e. The third-order valence-corrected chi connectivity index (χ3v) is 7.37. The first-order valence-corrected chi connectivity index (χ1v) is 10.3. The molecule has 0 unspecified atom stereocenters. The summed E-state index contributed by atoms with van der Waals surface area (Å²) in [6, 6.07) is 22.1. The number of imide groups is 1. The van der Waals surface area contributed by atoms with E-state index in [9.17, 15) is 14.8 Å². The van der Waals surface area contributed by atoms with Crippen LogP contribution in [0.15, 0.2) is 72.8 Å². The van der Waals surface area contributed by atoms with Crippen LogP contribution in [0.5, 0.6) is 0 Å². The summed E-state index contributed by atoms with van der Waals surface area (Å²) in [4.78, 5) is 28.7. The number of hydrogen-bond acceptors (Lipinski definition) is 5. The number of benzene rings is 3. The van der Waals surface area contributed by atoms with Crippen molar-refractivity contribution >= 4 is 23.2 Å². The summed E-state index contributed by atoms with van der Waals surface area (Å²) in [6.45, 7) is 2.08. The van der Waals surface area contributed by atoms with Crippen LogP contribution in [0.4, 0.5) is 11.4 Å². The molecule has 0 radical (unpaired) electrons. The van der Waals surface area contributed by atoms with Gasteiger partial charge in [-0.25, -0.2) is 4.90 Å². The summed E-state index contributed by atoms with van der Waals surface area (Å²) in [6.07, 6.45) is 0. The van der Waals surface area contributed by atoms with Crippen LogP contribution in [0.25, 0.3) is 0 Å². The monoisotopic (exact) mass is 411 g/mol. The van der Waals surface area contributed by atoms with Crippen LogP contribution in [-0.4, -0.2) is 17.0 Å². The Morgan fingerprint density at radius 3 is 1.97 bits per heavy atom. The maximum Gasteiger partial charge on any atom is 0.238 e. The van der Waals surface area contributed by atoms with E-state index in [-0.39, 0.29) is 28.6 Å². The van der Waals surface area contributed by atoms with E-state index in [1.165, 1.54) is 29.2 Å². The summed E-state index contributed by atoms with van der Waals surface area (Å²) in [5, 5.41) is 20.0. The minimum absolute atomic E-state index is 0.0344. The minimum Gasteiger partial charge on any atom is -0.733 e. The van der Waals surface area contributed by atoms with Crippen LogP contribution < -0.4 is 10.1 Å². The van der Waals surface area contributed by atoms with Crippen LogP contribution in [0.3, 0.4) is 0 Å². The highest BCUT2D eigenvalue weighted by atomic mass is 16.8. The number of rotatable bonds is 2. The van der Waals surface area contributed by atoms with Gasteiger partial charge in [0, 0.05) is 11.3 Å². The Bertz CT molecular complexity index is 1200. The van der Waals surface area contributed by atoms with Gasteiger partial charge in [0.15, 0.2) is 0 Å². The van der Waals surface area contributed by atoms with E-state index in [0.29, 0.717) is 5.69 Å². The molecule has 2 atom stereocenters. The molecule has 3 aromatic carbocycles. The summed E-state index contributed by atoms with van der Waals surface area (Å²) >= 11 is 0. The molecule has 31 heavy (non-hydrogen) atoms. The van der Waals surface area contributed by atoms with Gasteiger partial charge in [0.1, 0.15) is 0 Å². The van der Waals surface area contributed by atoms with E-state index in [1.54, 1.807) is 0 Å². The SMILES string of the molecule is CC12c3ccccc3C(c3ccccc31)[C@H]1C(=O)N(c3ccc(N([O-])O)cc3)C(=O)[C@@H]12. The standard InChI is InChI=1S/C25H19N2O4/c1-25-18-8-4-2-6-16(18)20(17-7-3-5-9-19(17)25)21-22(25)24(29)26(23(21)28)14-10-12-15(13-11-14)27(30)31/h2-13,20-22,30H,1H3/q-1/t20?,21-,22-,25?/m1/s1. The Morgan fingerprint density at radius 2 is 1.42 bits per heavy atom. The second kappa shape index (κ2) is 6.03. The Labute approximate surface area is 178 Å². The molecule has 3 aromatic rings. The molecule has 6 heteroatoms. The molecule has 2 bridgehead atoms. The number of anilines is 2. The molecule has 7 rings (SSSR count). The molecule has 0 saturated carbocycles. The predicted molar refractivity (Wildman–Crippen MR) is 115 cm³/mol. The zero-order valence-electron chi connectivity index (χ0n) is 16.7. The summed E-state index contributed by atoms with van der Waals surface area (Å²) in [5.41, 5.74) is 4.29. The molecule has 1 heterocycles. The van der Waals surface area contributed by atoms with E-state index in [1.807, 2.05) is 24.3 Å². The molecule has 0 aromatic heterocycles. The molecule has 4 aliphatic rings. The zero-order valence-corrected chi connectivity index (χ0v) is 16.7. The molecule has 2 amide bonds. The van der Waals surface area contributed by atoms with Crippen molar-refractivity contribution in [3.05, 3.63) is 100 Å². The van der Waals surface area contributed by atoms with Crippen molar-refractivity contribution in [2.75, 3.05) is 10.1 Å². The van der Waals surface area contributed by atoms with Gasteiger partial charge in [-0.2, -0.15) is 0 Å². The van der Waals surface area contributed by atoms with E-state index in [0.717, 1.165) is 22.3 Å². The van der Waals surface area contributed by atoms with Gasteiger partial charge in [0.05, 0.1) is 23.2 Å². The lowest BCUT2D eigenvalue weighted by Crippen LogP contribution is -2.51. The largest absolute Gasteiger partial charge is 0.733 e. The fourth-order valence-electron chi connectivity index (χ4n) is 6.13. The van der Waals surface area contributed by atoms with Gasteiger partial charge in [0.2, 0.25) is 11.8 Å². The number of carbonyl (C=O) groups is 2. The molecule has 1 N–H and O–H groups in total. The normalized spacial score (nSPS) is 27.7. The Hall–Kier alpha value is -3.48. The second-order valence-electron chi connectivity index (χ2n) is 8.66. The third kappa shape index (κ3) is 2.13. The van der Waals surface area contributed by atoms with Crippen LogP contribution in [-0.2, 0) is 15.0 Å². The maximum atomic E-state index is 13.8. The molecular weight excluding hydrogens is 392 g/mol. The number of nitrogens with zero attached hydrogens (tertiary/aromatic N) is 2. The Morgan fingerprint density at radius 1 is 0.871 bits per heavy atom. The van der Waals surface area contributed by atoms with Crippen molar-refractivity contribution in [1.29, 1.82) is 0 Å². The van der Waals surface area contributed by atoms with E-state index in [4.69, 9.17) is 5.21 Å². The predicted octanol–water partition coefficient (Wildman–Crippen LogP) is 3.95. The first kappa shape index (κ1) is 18.3. The van der Waals surface area contributed by atoms with Gasteiger partial charge >= 0.3 is 0 Å². The van der Waals surface area contributed by atoms with Crippen molar-refractivity contribution < 1.29 is 14.8 Å². The third-order valence-electron chi connectivity index (χ3n) is 7.37. The topological polar surface area (TPSA) is 83.9 Å². The van der Waals surface area contributed by atoms with Crippen molar-refractivity contribution in [2.24, 2.45) is 11.8 Å². The van der Waals surface area contributed by atoms with Crippen LogP contribution >= 0.6 is 0 Å². The molecule has 1 fully saturated rings. The zero-order chi connectivity index (χ0) is 21.5. The highest BCUT2D eigenvalue weighted by molar-refractivity contribution is 6.23. The fourth-order valence-corrected chi connectivity index (χ4v) is 6.13. The van der Waals surface area contributed by atoms with E-state index < -0.39 is 17.3 Å². The molecule has 6 nitrogen and oxygen atoms in total. The molecule has 0 spiro atoms. The lowest BCUT2D eigenvalue weighted by Gasteiger charge is -2.52. The molecule has 1 aliphatic heterocycles. The van der Waals surface area contributed by atoms with Crippen molar-refractivity contribution in [2.45, 2.75) is 18.3 Å². The average Bonchev–Trinajstić information content (AvgIpc) is 3.06. The lowest BCUT2D eigenvalue weighted by molar-refractivity contribution is -0.123. The van der Waals surface area contributed by atoms with Gasteiger partial charge in [-0.3, -0.25) is 14.8 Å². The summed E-state index contributed by atoms with van der Waals surface area (Å²) < 4.78 is 0. The van der Waals surface area contributed by atoms with Crippen molar-refractivity contribution in [1.82, 2.24) is 0 Å². The first-order valence-electron chi connectivity index (χ1n) is 10.3.